The fraction of sp³-hybridized carbons (Fsp3) is 0.200. The van der Waals surface area contributed by atoms with Gasteiger partial charge in [0.15, 0.2) is 0 Å². The van der Waals surface area contributed by atoms with Crippen LogP contribution >= 0.6 is 0 Å². The van der Waals surface area contributed by atoms with Crippen molar-refractivity contribution in [1.29, 1.82) is 0 Å². The lowest BCUT2D eigenvalue weighted by Crippen LogP contribution is -2.38. The Kier molecular flexibility index (Phi) is 6.88. The third-order valence-corrected chi connectivity index (χ3v) is 3.93. The molecule has 150 valence electrons. The molecule has 0 aliphatic heterocycles. The lowest BCUT2D eigenvalue weighted by molar-refractivity contribution is -0.126. The molecule has 3 rings (SSSR count). The predicted octanol–water partition coefficient (Wildman–Crippen LogP) is 1.43. The summed E-state index contributed by atoms with van der Waals surface area (Å²) in [5.41, 5.74) is 1.62. The van der Waals surface area contributed by atoms with Crippen LogP contribution in [-0.2, 0) is 29.3 Å². The number of halogens is 1. The van der Waals surface area contributed by atoms with Crippen LogP contribution in [0.15, 0.2) is 61.2 Å². The van der Waals surface area contributed by atoms with E-state index in [0.717, 1.165) is 11.1 Å². The van der Waals surface area contributed by atoms with Crippen LogP contribution in [0, 0.1) is 5.82 Å². The Hall–Kier alpha value is -3.75. The number of carbonyl (C=O) groups is 2. The van der Waals surface area contributed by atoms with Gasteiger partial charge in [0, 0.05) is 6.54 Å². The Morgan fingerprint density at radius 3 is 2.59 bits per heavy atom. The van der Waals surface area contributed by atoms with Crippen molar-refractivity contribution in [3.63, 3.8) is 0 Å². The van der Waals surface area contributed by atoms with Crippen molar-refractivity contribution in [2.75, 3.05) is 6.54 Å². The van der Waals surface area contributed by atoms with E-state index in [2.05, 4.69) is 20.7 Å². The Balaban J connectivity index is 1.37. The highest BCUT2D eigenvalue weighted by atomic mass is 19.1. The van der Waals surface area contributed by atoms with E-state index in [1.807, 2.05) is 12.1 Å². The van der Waals surface area contributed by atoms with Gasteiger partial charge in [0.1, 0.15) is 37.4 Å². The van der Waals surface area contributed by atoms with Gasteiger partial charge in [-0.05, 0) is 35.4 Å². The van der Waals surface area contributed by atoms with Crippen LogP contribution in [0.3, 0.4) is 0 Å². The minimum Gasteiger partial charge on any atom is -0.489 e. The summed E-state index contributed by atoms with van der Waals surface area (Å²) >= 11 is 0. The number of carbonyl (C=O) groups excluding carboxylic acids is 2. The fourth-order valence-corrected chi connectivity index (χ4v) is 2.46. The zero-order valence-corrected chi connectivity index (χ0v) is 15.5. The summed E-state index contributed by atoms with van der Waals surface area (Å²) in [4.78, 5) is 27.3. The molecule has 0 spiro atoms. The molecule has 29 heavy (non-hydrogen) atoms. The maximum Gasteiger partial charge on any atom is 0.242 e. The molecule has 2 N–H and O–H groups in total. The molecule has 0 aliphatic rings. The summed E-state index contributed by atoms with van der Waals surface area (Å²) in [7, 11) is 0. The molecule has 1 aromatic heterocycles. The standard InChI is InChI=1S/C20H20FN5O3/c21-17-3-1-2-16(8-17)12-29-18-6-4-15(5-7-18)9-23-19(27)10-24-20(28)11-26-14-22-13-25-26/h1-8,13-14H,9-12H2,(H,23,27)(H,24,28). The highest BCUT2D eigenvalue weighted by Crippen LogP contribution is 2.14. The van der Waals surface area contributed by atoms with Gasteiger partial charge in [0.2, 0.25) is 11.8 Å². The first kappa shape index (κ1) is 20.0. The first-order valence-electron chi connectivity index (χ1n) is 8.90. The summed E-state index contributed by atoms with van der Waals surface area (Å²) in [5.74, 6) is -0.287. The van der Waals surface area contributed by atoms with E-state index in [9.17, 15) is 14.0 Å². The number of amides is 2. The van der Waals surface area contributed by atoms with Crippen molar-refractivity contribution >= 4 is 11.8 Å². The fourth-order valence-electron chi connectivity index (χ4n) is 2.46. The van der Waals surface area contributed by atoms with Gasteiger partial charge in [-0.15, -0.1) is 0 Å². The van der Waals surface area contributed by atoms with Crippen molar-refractivity contribution in [2.24, 2.45) is 0 Å². The van der Waals surface area contributed by atoms with Crippen molar-refractivity contribution < 1.29 is 18.7 Å². The van der Waals surface area contributed by atoms with Crippen LogP contribution < -0.4 is 15.4 Å². The maximum atomic E-state index is 13.2. The summed E-state index contributed by atoms with van der Waals surface area (Å²) in [6, 6.07) is 13.4. The molecule has 2 amide bonds. The first-order valence-corrected chi connectivity index (χ1v) is 8.90. The number of benzene rings is 2. The molecule has 0 fully saturated rings. The second kappa shape index (κ2) is 9.98. The van der Waals surface area contributed by atoms with Crippen LogP contribution in [0.1, 0.15) is 11.1 Å². The minimum atomic E-state index is -0.328. The van der Waals surface area contributed by atoms with Crippen molar-refractivity contribution in [3.8, 4) is 5.75 Å². The van der Waals surface area contributed by atoms with Crippen molar-refractivity contribution in [3.05, 3.63) is 78.1 Å². The first-order chi connectivity index (χ1) is 14.1. The average Bonchev–Trinajstić information content (AvgIpc) is 3.23. The van der Waals surface area contributed by atoms with Crippen molar-refractivity contribution in [2.45, 2.75) is 19.7 Å². The van der Waals surface area contributed by atoms with Gasteiger partial charge in [-0.2, -0.15) is 5.10 Å². The molecule has 0 saturated carbocycles. The molecular weight excluding hydrogens is 377 g/mol. The number of hydrogen-bond acceptors (Lipinski definition) is 5. The van der Waals surface area contributed by atoms with E-state index in [4.69, 9.17) is 4.74 Å². The summed E-state index contributed by atoms with van der Waals surface area (Å²) in [5, 5.41) is 9.06. The summed E-state index contributed by atoms with van der Waals surface area (Å²) in [6.45, 7) is 0.469. The van der Waals surface area contributed by atoms with Gasteiger partial charge < -0.3 is 15.4 Å². The molecule has 0 unspecified atom stereocenters. The van der Waals surface area contributed by atoms with Crippen LogP contribution in [0.25, 0.3) is 0 Å². The second-order valence-corrected chi connectivity index (χ2v) is 6.21. The topological polar surface area (TPSA) is 98.1 Å². The molecule has 0 radical (unpaired) electrons. The number of nitrogens with zero attached hydrogens (tertiary/aromatic N) is 3. The number of rotatable bonds is 9. The van der Waals surface area contributed by atoms with Gasteiger partial charge >= 0.3 is 0 Å². The monoisotopic (exact) mass is 397 g/mol. The van der Waals surface area contributed by atoms with Crippen LogP contribution in [0.4, 0.5) is 4.39 Å². The number of ether oxygens (including phenoxy) is 1. The lowest BCUT2D eigenvalue weighted by Gasteiger charge is -2.09. The summed E-state index contributed by atoms with van der Waals surface area (Å²) < 4.78 is 20.1. The molecule has 0 aliphatic carbocycles. The SMILES string of the molecule is O=C(CNC(=O)Cn1cncn1)NCc1ccc(OCc2cccc(F)c2)cc1. The molecule has 0 atom stereocenters. The third kappa shape index (κ3) is 6.73. The van der Waals surface area contributed by atoms with Gasteiger partial charge in [-0.3, -0.25) is 9.59 Å². The number of nitrogens with one attached hydrogen (secondary N) is 2. The molecule has 0 bridgehead atoms. The zero-order chi connectivity index (χ0) is 20.5. The van der Waals surface area contributed by atoms with E-state index in [1.54, 1.807) is 24.3 Å². The molecule has 3 aromatic rings. The highest BCUT2D eigenvalue weighted by molar-refractivity contribution is 5.84. The smallest absolute Gasteiger partial charge is 0.242 e. The lowest BCUT2D eigenvalue weighted by atomic mass is 10.2. The van der Waals surface area contributed by atoms with Gasteiger partial charge in [0.25, 0.3) is 0 Å². The summed E-state index contributed by atoms with van der Waals surface area (Å²) in [6.07, 6.45) is 2.75. The maximum absolute atomic E-state index is 13.2. The molecule has 9 heteroatoms. The molecule has 1 heterocycles. The molecular formula is C20H20FN5O3. The molecule has 8 nitrogen and oxygen atoms in total. The van der Waals surface area contributed by atoms with E-state index < -0.39 is 0 Å². The van der Waals surface area contributed by atoms with Crippen LogP contribution in [-0.4, -0.2) is 33.1 Å². The van der Waals surface area contributed by atoms with E-state index >= 15 is 0 Å². The minimum absolute atomic E-state index is 0.00433. The largest absolute Gasteiger partial charge is 0.489 e. The Labute approximate surface area is 166 Å². The second-order valence-electron chi connectivity index (χ2n) is 6.21. The third-order valence-electron chi connectivity index (χ3n) is 3.93. The quantitative estimate of drug-likeness (QED) is 0.569. The Morgan fingerprint density at radius 2 is 1.86 bits per heavy atom. The number of aromatic nitrogens is 3. The molecule has 2 aromatic carbocycles. The van der Waals surface area contributed by atoms with Gasteiger partial charge in [0.05, 0.1) is 6.54 Å². The zero-order valence-electron chi connectivity index (χ0n) is 15.5. The van der Waals surface area contributed by atoms with E-state index in [-0.39, 0.29) is 37.3 Å². The predicted molar refractivity (Wildman–Crippen MR) is 102 cm³/mol. The van der Waals surface area contributed by atoms with Crippen LogP contribution in [0.2, 0.25) is 0 Å². The normalized spacial score (nSPS) is 10.4. The Morgan fingerprint density at radius 1 is 1.03 bits per heavy atom. The molecule has 0 saturated heterocycles. The van der Waals surface area contributed by atoms with Crippen LogP contribution in [0.5, 0.6) is 5.75 Å². The number of hydrogen-bond donors (Lipinski definition) is 2. The van der Waals surface area contributed by atoms with Crippen molar-refractivity contribution in [1.82, 2.24) is 25.4 Å². The average molecular weight is 397 g/mol. The Bertz CT molecular complexity index is 945. The highest BCUT2D eigenvalue weighted by Gasteiger charge is 2.07. The van der Waals surface area contributed by atoms with Gasteiger partial charge in [-0.25, -0.2) is 14.1 Å². The van der Waals surface area contributed by atoms with Gasteiger partial charge in [-0.1, -0.05) is 24.3 Å². The van der Waals surface area contributed by atoms with E-state index in [0.29, 0.717) is 12.3 Å². The van der Waals surface area contributed by atoms with E-state index in [1.165, 1.54) is 29.5 Å².